The fraction of sp³-hybridized carbons (Fsp3) is 0.222. The summed E-state index contributed by atoms with van der Waals surface area (Å²) in [7, 11) is -3.08. The lowest BCUT2D eigenvalue weighted by atomic mass is 10.0. The number of benzene rings is 2. The van der Waals surface area contributed by atoms with Crippen molar-refractivity contribution in [3.05, 3.63) is 47.5 Å². The van der Waals surface area contributed by atoms with Gasteiger partial charge in [-0.05, 0) is 29.3 Å². The molecule has 1 aliphatic rings. The molecule has 2 nitrogen and oxygen atoms in total. The maximum atomic E-state index is 11.8. The molecule has 0 spiro atoms. The van der Waals surface area contributed by atoms with Crippen LogP contribution in [0.3, 0.4) is 0 Å². The Hall–Kier alpha value is -2.23. The van der Waals surface area contributed by atoms with Crippen LogP contribution < -0.4 is 0 Å². The van der Waals surface area contributed by atoms with Crippen molar-refractivity contribution in [2.24, 2.45) is 0 Å². The van der Waals surface area contributed by atoms with E-state index in [4.69, 9.17) is 0 Å². The molecule has 0 atom stereocenters. The van der Waals surface area contributed by atoms with E-state index in [1.165, 1.54) is 0 Å². The van der Waals surface area contributed by atoms with Gasteiger partial charge in [0.15, 0.2) is 9.84 Å². The molecule has 3 heteroatoms. The summed E-state index contributed by atoms with van der Waals surface area (Å²) in [5, 5.41) is 2.21. The lowest BCUT2D eigenvalue weighted by molar-refractivity contribution is 0.597. The van der Waals surface area contributed by atoms with Gasteiger partial charge in [0.1, 0.15) is 5.75 Å². The van der Waals surface area contributed by atoms with Crippen LogP contribution in [0.4, 0.5) is 0 Å². The molecule has 0 N–H and O–H groups in total. The van der Waals surface area contributed by atoms with Crippen LogP contribution in [0.25, 0.3) is 10.8 Å². The molecule has 0 radical (unpaired) electrons. The van der Waals surface area contributed by atoms with Crippen molar-refractivity contribution >= 4 is 20.6 Å². The Morgan fingerprint density at radius 2 is 1.52 bits per heavy atom. The molecule has 0 saturated heterocycles. The number of hydrogen-bond acceptors (Lipinski definition) is 2. The predicted octanol–water partition coefficient (Wildman–Crippen LogP) is 2.75. The molecule has 1 heterocycles. The summed E-state index contributed by atoms with van der Waals surface area (Å²) < 4.78 is 23.5. The molecule has 0 aromatic heterocycles. The van der Waals surface area contributed by atoms with E-state index >= 15 is 0 Å². The first kappa shape index (κ1) is 13.7. The minimum atomic E-state index is -3.08. The van der Waals surface area contributed by atoms with E-state index in [-0.39, 0.29) is 11.5 Å². The van der Waals surface area contributed by atoms with Gasteiger partial charge in [-0.15, -0.1) is 0 Å². The van der Waals surface area contributed by atoms with Crippen molar-refractivity contribution in [1.82, 2.24) is 0 Å². The Labute approximate surface area is 125 Å². The zero-order valence-electron chi connectivity index (χ0n) is 11.5. The van der Waals surface area contributed by atoms with Crippen molar-refractivity contribution in [2.75, 3.05) is 11.5 Å². The van der Waals surface area contributed by atoms with E-state index < -0.39 is 9.84 Å². The topological polar surface area (TPSA) is 34.1 Å². The predicted molar refractivity (Wildman–Crippen MR) is 85.6 cm³/mol. The van der Waals surface area contributed by atoms with E-state index in [1.54, 1.807) is 0 Å². The first-order valence-corrected chi connectivity index (χ1v) is 8.67. The van der Waals surface area contributed by atoms with Gasteiger partial charge in [-0.1, -0.05) is 47.9 Å². The van der Waals surface area contributed by atoms with Gasteiger partial charge < -0.3 is 0 Å². The highest BCUT2D eigenvalue weighted by Gasteiger charge is 2.08. The second-order valence-electron chi connectivity index (χ2n) is 5.04. The van der Waals surface area contributed by atoms with Gasteiger partial charge in [-0.25, -0.2) is 8.42 Å². The van der Waals surface area contributed by atoms with Crippen LogP contribution in [0.1, 0.15) is 24.0 Å². The summed E-state index contributed by atoms with van der Waals surface area (Å²) in [6, 6.07) is 12.0. The highest BCUT2D eigenvalue weighted by Crippen LogP contribution is 2.19. The monoisotopic (exact) mass is 294 g/mol. The summed E-state index contributed by atoms with van der Waals surface area (Å²) in [4.78, 5) is 0. The largest absolute Gasteiger partial charge is 0.228 e. The van der Waals surface area contributed by atoms with Gasteiger partial charge >= 0.3 is 0 Å². The first-order chi connectivity index (χ1) is 10.1. The minimum absolute atomic E-state index is 0.0841. The quantitative estimate of drug-likeness (QED) is 0.700. The average molecular weight is 294 g/mol. The van der Waals surface area contributed by atoms with E-state index in [2.05, 4.69) is 23.7 Å². The molecule has 0 unspecified atom stereocenters. The first-order valence-electron chi connectivity index (χ1n) is 6.85. The highest BCUT2D eigenvalue weighted by atomic mass is 32.2. The maximum Gasteiger partial charge on any atom is 0.161 e. The molecular formula is C18H14O2S. The number of rotatable bonds is 0. The van der Waals surface area contributed by atoms with Gasteiger partial charge in [0.2, 0.25) is 0 Å². The summed E-state index contributed by atoms with van der Waals surface area (Å²) in [5.41, 5.74) is 1.68. The Balaban J connectivity index is 2.16. The molecule has 3 rings (SSSR count). The highest BCUT2D eigenvalue weighted by molar-refractivity contribution is 7.91. The third-order valence-corrected chi connectivity index (χ3v) is 4.88. The fourth-order valence-electron chi connectivity index (χ4n) is 2.30. The third-order valence-electron chi connectivity index (χ3n) is 3.38. The molecular weight excluding hydrogens is 280 g/mol. The second-order valence-corrected chi connectivity index (χ2v) is 7.23. The van der Waals surface area contributed by atoms with Crippen LogP contribution in [-0.4, -0.2) is 19.9 Å². The van der Waals surface area contributed by atoms with Gasteiger partial charge in [0, 0.05) is 17.5 Å². The minimum Gasteiger partial charge on any atom is -0.228 e. The van der Waals surface area contributed by atoms with E-state index in [0.717, 1.165) is 21.9 Å². The Morgan fingerprint density at radius 3 is 2.19 bits per heavy atom. The smallest absolute Gasteiger partial charge is 0.161 e. The molecule has 2 aromatic rings. The Kier molecular flexibility index (Phi) is 3.69. The summed E-state index contributed by atoms with van der Waals surface area (Å²) >= 11 is 0. The average Bonchev–Trinajstić information content (AvgIpc) is 2.49. The van der Waals surface area contributed by atoms with Crippen LogP contribution >= 0.6 is 0 Å². The molecule has 2 aromatic carbocycles. The van der Waals surface area contributed by atoms with Gasteiger partial charge in [-0.2, -0.15) is 0 Å². The number of hydrogen-bond donors (Lipinski definition) is 0. The van der Waals surface area contributed by atoms with Crippen LogP contribution in [0.5, 0.6) is 0 Å². The van der Waals surface area contributed by atoms with Crippen LogP contribution in [-0.2, 0) is 9.84 Å². The molecule has 0 amide bonds. The summed E-state index contributed by atoms with van der Waals surface area (Å²) in [6.07, 6.45) is 1.16. The van der Waals surface area contributed by atoms with Gasteiger partial charge in [-0.3, -0.25) is 0 Å². The van der Waals surface area contributed by atoms with Crippen LogP contribution in [0.2, 0.25) is 0 Å². The number of fused-ring (bicyclic) bond motifs is 2. The third kappa shape index (κ3) is 3.27. The molecule has 104 valence electrons. The fourth-order valence-corrected chi connectivity index (χ4v) is 3.32. The van der Waals surface area contributed by atoms with Crippen molar-refractivity contribution in [3.8, 4) is 23.7 Å². The molecule has 1 aliphatic heterocycles. The SMILES string of the molecule is O=S1(=O)CC#Cc2cc3ccccc3cc2C#CCCC1. The van der Waals surface area contributed by atoms with E-state index in [0.29, 0.717) is 12.8 Å². The number of sulfone groups is 1. The molecule has 21 heavy (non-hydrogen) atoms. The van der Waals surface area contributed by atoms with Crippen molar-refractivity contribution in [1.29, 1.82) is 0 Å². The van der Waals surface area contributed by atoms with Crippen LogP contribution in [0.15, 0.2) is 36.4 Å². The summed E-state index contributed by atoms with van der Waals surface area (Å²) in [5.74, 6) is 12.0. The maximum absolute atomic E-state index is 11.8. The Morgan fingerprint density at radius 1 is 0.905 bits per heavy atom. The lowest BCUT2D eigenvalue weighted by Crippen LogP contribution is -2.09. The van der Waals surface area contributed by atoms with E-state index in [9.17, 15) is 8.42 Å². The van der Waals surface area contributed by atoms with Crippen LogP contribution in [0, 0.1) is 23.7 Å². The second kappa shape index (κ2) is 5.64. The molecule has 0 bridgehead atoms. The molecule has 0 fully saturated rings. The van der Waals surface area contributed by atoms with Crippen molar-refractivity contribution in [3.63, 3.8) is 0 Å². The van der Waals surface area contributed by atoms with Crippen molar-refractivity contribution < 1.29 is 8.42 Å². The molecule has 0 aliphatic carbocycles. The summed E-state index contributed by atoms with van der Waals surface area (Å²) in [6.45, 7) is 0. The zero-order valence-corrected chi connectivity index (χ0v) is 12.3. The van der Waals surface area contributed by atoms with E-state index in [1.807, 2.05) is 36.4 Å². The lowest BCUT2D eigenvalue weighted by Gasteiger charge is -2.02. The standard InChI is InChI=1S/C18H14O2S/c19-21(20)11-5-1-2-7-15-13-16-8-3-4-9-17(16)14-18(15)10-6-12-21/h3-4,8-9,13-14H,1,5,11-12H2. The Bertz CT molecular complexity index is 916. The van der Waals surface area contributed by atoms with Crippen molar-refractivity contribution in [2.45, 2.75) is 12.8 Å². The molecule has 0 saturated carbocycles. The zero-order chi connectivity index (χ0) is 14.7. The normalized spacial score (nSPS) is 16.6. The van der Waals surface area contributed by atoms with Gasteiger partial charge in [0.05, 0.1) is 5.75 Å². The van der Waals surface area contributed by atoms with Gasteiger partial charge in [0.25, 0.3) is 0 Å².